The first-order valence-electron chi connectivity index (χ1n) is 7.79. The number of carboxylic acid groups (broad SMARTS) is 1. The number of nitrogens with zero attached hydrogens (tertiary/aromatic N) is 1. The standard InChI is InChI=1S/C17H20N2O5S/c1-23-12-4-6-13(7-5-12)24-10-2-3-15(20)18-9-8-16-19-14(11-25-16)17(21)22/h4-7,11H,2-3,8-10H2,1H3,(H,18,20)(H,21,22). The molecule has 7 nitrogen and oxygen atoms in total. The van der Waals surface area contributed by atoms with Gasteiger partial charge in [0.05, 0.1) is 18.7 Å². The molecule has 25 heavy (non-hydrogen) atoms. The molecule has 8 heteroatoms. The van der Waals surface area contributed by atoms with Crippen molar-refractivity contribution in [3.63, 3.8) is 0 Å². The van der Waals surface area contributed by atoms with E-state index in [0.717, 1.165) is 11.5 Å². The van der Waals surface area contributed by atoms with Gasteiger partial charge < -0.3 is 19.9 Å². The molecule has 134 valence electrons. The number of benzene rings is 1. The van der Waals surface area contributed by atoms with Crippen molar-refractivity contribution in [3.8, 4) is 11.5 Å². The lowest BCUT2D eigenvalue weighted by Gasteiger charge is -2.07. The van der Waals surface area contributed by atoms with Crippen LogP contribution in [-0.2, 0) is 11.2 Å². The van der Waals surface area contributed by atoms with Crippen LogP contribution < -0.4 is 14.8 Å². The first-order valence-corrected chi connectivity index (χ1v) is 8.67. The van der Waals surface area contributed by atoms with E-state index in [1.165, 1.54) is 16.7 Å². The minimum absolute atomic E-state index is 0.0435. The van der Waals surface area contributed by atoms with Gasteiger partial charge in [0.15, 0.2) is 5.69 Å². The number of carbonyl (C=O) groups is 2. The first-order chi connectivity index (χ1) is 12.1. The van der Waals surface area contributed by atoms with Crippen molar-refractivity contribution in [2.24, 2.45) is 0 Å². The van der Waals surface area contributed by atoms with E-state index in [4.69, 9.17) is 14.6 Å². The maximum absolute atomic E-state index is 11.7. The lowest BCUT2D eigenvalue weighted by atomic mass is 10.3. The van der Waals surface area contributed by atoms with Crippen LogP contribution in [0, 0.1) is 0 Å². The molecular weight excluding hydrogens is 344 g/mol. The number of amides is 1. The van der Waals surface area contributed by atoms with Crippen molar-refractivity contribution in [1.29, 1.82) is 0 Å². The number of methoxy groups -OCH3 is 1. The van der Waals surface area contributed by atoms with Gasteiger partial charge in [-0.25, -0.2) is 9.78 Å². The highest BCUT2D eigenvalue weighted by molar-refractivity contribution is 7.09. The van der Waals surface area contributed by atoms with E-state index in [2.05, 4.69) is 10.3 Å². The second kappa shape index (κ2) is 9.63. The number of ether oxygens (including phenoxy) is 2. The predicted octanol–water partition coefficient (Wildman–Crippen LogP) is 2.37. The molecule has 0 aliphatic rings. The second-order valence-electron chi connectivity index (χ2n) is 5.16. The van der Waals surface area contributed by atoms with Crippen molar-refractivity contribution in [3.05, 3.63) is 40.3 Å². The maximum atomic E-state index is 11.7. The third kappa shape index (κ3) is 6.42. The quantitative estimate of drug-likeness (QED) is 0.628. The molecule has 1 aromatic carbocycles. The van der Waals surface area contributed by atoms with Gasteiger partial charge in [-0.2, -0.15) is 0 Å². The third-order valence-corrected chi connectivity index (χ3v) is 4.22. The van der Waals surface area contributed by atoms with Crippen LogP contribution in [0.4, 0.5) is 0 Å². The SMILES string of the molecule is COc1ccc(OCCCC(=O)NCCc2nc(C(=O)O)cs2)cc1. The molecule has 0 spiro atoms. The zero-order chi connectivity index (χ0) is 18.1. The normalized spacial score (nSPS) is 10.3. The van der Waals surface area contributed by atoms with Crippen molar-refractivity contribution < 1.29 is 24.2 Å². The van der Waals surface area contributed by atoms with Crippen LogP contribution in [0.1, 0.15) is 28.3 Å². The monoisotopic (exact) mass is 364 g/mol. The molecule has 1 heterocycles. The highest BCUT2D eigenvalue weighted by atomic mass is 32.1. The lowest BCUT2D eigenvalue weighted by Crippen LogP contribution is -2.25. The number of carbonyl (C=O) groups excluding carboxylic acids is 1. The molecule has 0 atom stereocenters. The smallest absolute Gasteiger partial charge is 0.355 e. The van der Waals surface area contributed by atoms with Crippen LogP contribution in [0.3, 0.4) is 0 Å². The molecule has 2 aromatic rings. The zero-order valence-corrected chi connectivity index (χ0v) is 14.7. The molecule has 1 amide bonds. The van der Waals surface area contributed by atoms with Crippen LogP contribution >= 0.6 is 11.3 Å². The van der Waals surface area contributed by atoms with E-state index < -0.39 is 5.97 Å². The summed E-state index contributed by atoms with van der Waals surface area (Å²) < 4.78 is 10.6. The molecule has 0 aliphatic heterocycles. The Balaban J connectivity index is 1.58. The molecule has 0 saturated heterocycles. The zero-order valence-electron chi connectivity index (χ0n) is 13.9. The Hall–Kier alpha value is -2.61. The third-order valence-electron chi connectivity index (χ3n) is 3.31. The number of carboxylic acids is 1. The van der Waals surface area contributed by atoms with E-state index in [1.54, 1.807) is 7.11 Å². The number of thiazole rings is 1. The summed E-state index contributed by atoms with van der Waals surface area (Å²) in [5.74, 6) is 0.401. The van der Waals surface area contributed by atoms with Crippen LogP contribution in [0.25, 0.3) is 0 Å². The summed E-state index contributed by atoms with van der Waals surface area (Å²) in [6.07, 6.45) is 1.50. The summed E-state index contributed by atoms with van der Waals surface area (Å²) in [6, 6.07) is 7.27. The number of aromatic nitrogens is 1. The van der Waals surface area contributed by atoms with Gasteiger partial charge in [0, 0.05) is 24.8 Å². The molecule has 0 radical (unpaired) electrons. The molecule has 0 fully saturated rings. The largest absolute Gasteiger partial charge is 0.497 e. The number of hydrogen-bond acceptors (Lipinski definition) is 6. The molecule has 0 unspecified atom stereocenters. The number of nitrogens with one attached hydrogen (secondary N) is 1. The minimum atomic E-state index is -1.04. The van der Waals surface area contributed by atoms with Crippen LogP contribution in [0.2, 0.25) is 0 Å². The van der Waals surface area contributed by atoms with E-state index in [1.807, 2.05) is 24.3 Å². The van der Waals surface area contributed by atoms with Gasteiger partial charge in [0.25, 0.3) is 0 Å². The van der Waals surface area contributed by atoms with Gasteiger partial charge in [0.1, 0.15) is 11.5 Å². The highest BCUT2D eigenvalue weighted by Crippen LogP contribution is 2.17. The van der Waals surface area contributed by atoms with E-state index in [0.29, 0.717) is 37.4 Å². The molecule has 2 N–H and O–H groups in total. The van der Waals surface area contributed by atoms with Gasteiger partial charge in [-0.1, -0.05) is 0 Å². The highest BCUT2D eigenvalue weighted by Gasteiger charge is 2.08. The van der Waals surface area contributed by atoms with Crippen molar-refractivity contribution >= 4 is 23.2 Å². The summed E-state index contributed by atoms with van der Waals surface area (Å²) in [5, 5.41) is 13.8. The Morgan fingerprint density at radius 2 is 1.96 bits per heavy atom. The number of rotatable bonds is 10. The summed E-state index contributed by atoms with van der Waals surface area (Å²) in [5.41, 5.74) is 0.0435. The summed E-state index contributed by atoms with van der Waals surface area (Å²) in [4.78, 5) is 26.4. The topological polar surface area (TPSA) is 97.8 Å². The van der Waals surface area contributed by atoms with Crippen LogP contribution in [0.15, 0.2) is 29.6 Å². The molecule has 0 aliphatic carbocycles. The van der Waals surface area contributed by atoms with E-state index >= 15 is 0 Å². The Labute approximate surface area is 149 Å². The number of aromatic carboxylic acids is 1. The van der Waals surface area contributed by atoms with E-state index in [-0.39, 0.29) is 11.6 Å². The fraction of sp³-hybridized carbons (Fsp3) is 0.353. The molecule has 2 rings (SSSR count). The molecule has 0 bridgehead atoms. The number of hydrogen-bond donors (Lipinski definition) is 2. The van der Waals surface area contributed by atoms with Gasteiger partial charge in [-0.3, -0.25) is 4.79 Å². The summed E-state index contributed by atoms with van der Waals surface area (Å²) in [7, 11) is 1.61. The maximum Gasteiger partial charge on any atom is 0.355 e. The Morgan fingerprint density at radius 1 is 1.24 bits per heavy atom. The average molecular weight is 364 g/mol. The van der Waals surface area contributed by atoms with Crippen molar-refractivity contribution in [2.75, 3.05) is 20.3 Å². The van der Waals surface area contributed by atoms with Gasteiger partial charge >= 0.3 is 5.97 Å². The second-order valence-corrected chi connectivity index (χ2v) is 6.10. The molecule has 1 aromatic heterocycles. The fourth-order valence-corrected chi connectivity index (χ4v) is 2.79. The summed E-state index contributed by atoms with van der Waals surface area (Å²) >= 11 is 1.28. The predicted molar refractivity (Wildman–Crippen MR) is 93.5 cm³/mol. The Morgan fingerprint density at radius 3 is 2.60 bits per heavy atom. The van der Waals surface area contributed by atoms with E-state index in [9.17, 15) is 9.59 Å². The minimum Gasteiger partial charge on any atom is -0.497 e. The molecule has 0 saturated carbocycles. The fourth-order valence-electron chi connectivity index (χ4n) is 2.02. The van der Waals surface area contributed by atoms with Gasteiger partial charge in [-0.15, -0.1) is 11.3 Å². The van der Waals surface area contributed by atoms with Crippen LogP contribution in [0.5, 0.6) is 11.5 Å². The lowest BCUT2D eigenvalue weighted by molar-refractivity contribution is -0.121. The average Bonchev–Trinajstić information content (AvgIpc) is 3.08. The Kier molecular flexibility index (Phi) is 7.21. The Bertz CT molecular complexity index is 699. The van der Waals surface area contributed by atoms with Crippen molar-refractivity contribution in [2.45, 2.75) is 19.3 Å². The van der Waals surface area contributed by atoms with Gasteiger partial charge in [-0.05, 0) is 30.7 Å². The van der Waals surface area contributed by atoms with Gasteiger partial charge in [0.2, 0.25) is 5.91 Å². The first kappa shape index (κ1) is 18.7. The van der Waals surface area contributed by atoms with Crippen molar-refractivity contribution in [1.82, 2.24) is 10.3 Å². The van der Waals surface area contributed by atoms with Crippen LogP contribution in [-0.4, -0.2) is 42.2 Å². The summed E-state index contributed by atoms with van der Waals surface area (Å²) in [6.45, 7) is 0.888. The molecular formula is C17H20N2O5S.